The maximum Gasteiger partial charge on any atom is 0.255 e. The normalized spacial score (nSPS) is 22.9. The zero-order valence-corrected chi connectivity index (χ0v) is 18.7. The van der Waals surface area contributed by atoms with Crippen LogP contribution in [0.25, 0.3) is 5.52 Å². The van der Waals surface area contributed by atoms with Gasteiger partial charge in [0.15, 0.2) is 5.82 Å². The number of nitrogens with one attached hydrogen (secondary N) is 1. The number of fused-ring (bicyclic) bond motifs is 1. The fourth-order valence-electron chi connectivity index (χ4n) is 5.32. The minimum atomic E-state index is -0.613. The van der Waals surface area contributed by atoms with E-state index in [2.05, 4.69) is 10.4 Å². The molecule has 1 aromatic carbocycles. The van der Waals surface area contributed by atoms with Crippen LogP contribution >= 0.6 is 0 Å². The van der Waals surface area contributed by atoms with Gasteiger partial charge in [0, 0.05) is 31.0 Å². The molecule has 2 aromatic heterocycles. The van der Waals surface area contributed by atoms with E-state index >= 15 is 4.39 Å². The largest absolute Gasteiger partial charge is 0.396 e. The van der Waals surface area contributed by atoms with Gasteiger partial charge in [-0.05, 0) is 68.7 Å². The summed E-state index contributed by atoms with van der Waals surface area (Å²) in [6.07, 6.45) is 7.39. The van der Waals surface area contributed by atoms with E-state index in [9.17, 15) is 18.7 Å². The summed E-state index contributed by atoms with van der Waals surface area (Å²) in [4.78, 5) is 14.7. The van der Waals surface area contributed by atoms with Crippen molar-refractivity contribution in [2.75, 3.05) is 18.1 Å². The van der Waals surface area contributed by atoms with Gasteiger partial charge in [0.25, 0.3) is 5.91 Å². The van der Waals surface area contributed by atoms with E-state index < -0.39 is 29.4 Å². The Kier molecular flexibility index (Phi) is 6.20. The average molecular weight is 473 g/mol. The topological polar surface area (TPSA) is 69.9 Å². The molecule has 2 aliphatic rings. The van der Waals surface area contributed by atoms with Crippen LogP contribution in [0.15, 0.2) is 36.7 Å². The molecule has 1 saturated heterocycles. The van der Waals surface area contributed by atoms with Gasteiger partial charge >= 0.3 is 0 Å². The Balaban J connectivity index is 1.44. The van der Waals surface area contributed by atoms with Crippen molar-refractivity contribution < 1.29 is 23.1 Å². The lowest BCUT2D eigenvalue weighted by Gasteiger charge is -2.28. The zero-order chi connectivity index (χ0) is 23.8. The first-order valence-electron chi connectivity index (χ1n) is 11.8. The Labute approximate surface area is 195 Å². The van der Waals surface area contributed by atoms with Gasteiger partial charge < -0.3 is 15.3 Å². The number of carbonyl (C=O) groups is 1. The van der Waals surface area contributed by atoms with Gasteiger partial charge in [-0.2, -0.15) is 5.10 Å². The van der Waals surface area contributed by atoms with Gasteiger partial charge in [-0.3, -0.25) is 4.79 Å². The van der Waals surface area contributed by atoms with E-state index in [1.54, 1.807) is 17.2 Å². The fourth-order valence-corrected chi connectivity index (χ4v) is 5.32. The van der Waals surface area contributed by atoms with Crippen LogP contribution in [0.4, 0.5) is 18.9 Å². The minimum Gasteiger partial charge on any atom is -0.396 e. The van der Waals surface area contributed by atoms with Crippen LogP contribution in [0.5, 0.6) is 0 Å². The molecule has 0 bridgehead atoms. The first-order chi connectivity index (χ1) is 16.5. The van der Waals surface area contributed by atoms with Crippen molar-refractivity contribution in [3.8, 4) is 0 Å². The molecule has 3 aromatic rings. The standard InChI is InChI=1S/C25H27F3N4O2/c26-16-5-8-20(27)18(12-16)21-2-1-10-31(21)22-9-11-32-24(23(22)28)19(13-29-32)25(34)30-17-6-3-15(14-33)4-7-17/h5,8-9,11-13,15,17,21,33H,1-4,6-7,10,14H2,(H,30,34)/t15-,17-,21-/m1/s1. The molecule has 180 valence electrons. The number of anilines is 1. The number of aliphatic hydroxyl groups is 1. The molecule has 1 amide bonds. The number of amides is 1. The number of nitrogens with zero attached hydrogens (tertiary/aromatic N) is 3. The lowest BCUT2D eigenvalue weighted by atomic mass is 9.86. The van der Waals surface area contributed by atoms with Crippen LogP contribution in [0, 0.1) is 23.4 Å². The Morgan fingerprint density at radius 3 is 2.68 bits per heavy atom. The van der Waals surface area contributed by atoms with Crippen LogP contribution in [-0.2, 0) is 0 Å². The zero-order valence-electron chi connectivity index (χ0n) is 18.7. The van der Waals surface area contributed by atoms with Crippen molar-refractivity contribution in [2.45, 2.75) is 50.6 Å². The molecule has 0 unspecified atom stereocenters. The summed E-state index contributed by atoms with van der Waals surface area (Å²) in [5.41, 5.74) is 0.624. The van der Waals surface area contributed by atoms with Crippen molar-refractivity contribution in [3.63, 3.8) is 0 Å². The summed E-state index contributed by atoms with van der Waals surface area (Å²) >= 11 is 0. The highest BCUT2D eigenvalue weighted by Crippen LogP contribution is 2.39. The van der Waals surface area contributed by atoms with E-state index in [4.69, 9.17) is 0 Å². The Morgan fingerprint density at radius 2 is 1.91 bits per heavy atom. The second-order valence-electron chi connectivity index (χ2n) is 9.26. The van der Waals surface area contributed by atoms with Gasteiger partial charge in [0.05, 0.1) is 23.5 Å². The average Bonchev–Trinajstić information content (AvgIpc) is 3.49. The summed E-state index contributed by atoms with van der Waals surface area (Å²) < 4.78 is 45.5. The van der Waals surface area contributed by atoms with E-state index in [-0.39, 0.29) is 40.9 Å². The molecule has 9 heteroatoms. The lowest BCUT2D eigenvalue weighted by Crippen LogP contribution is -2.38. The molecular formula is C25H27F3N4O2. The molecule has 5 rings (SSSR count). The Morgan fingerprint density at radius 1 is 1.12 bits per heavy atom. The van der Waals surface area contributed by atoms with Crippen LogP contribution in [0.3, 0.4) is 0 Å². The molecule has 1 aliphatic heterocycles. The molecule has 0 radical (unpaired) electrons. The highest BCUT2D eigenvalue weighted by atomic mass is 19.1. The second-order valence-corrected chi connectivity index (χ2v) is 9.26. The Hall–Kier alpha value is -3.07. The number of pyridine rings is 1. The van der Waals surface area contributed by atoms with Crippen molar-refractivity contribution in [1.29, 1.82) is 0 Å². The molecule has 3 heterocycles. The number of hydrogen-bond donors (Lipinski definition) is 2. The van der Waals surface area contributed by atoms with E-state index in [1.807, 2.05) is 0 Å². The van der Waals surface area contributed by atoms with Gasteiger partial charge in [-0.15, -0.1) is 0 Å². The molecular weight excluding hydrogens is 445 g/mol. The van der Waals surface area contributed by atoms with E-state index in [0.29, 0.717) is 19.4 Å². The van der Waals surface area contributed by atoms with E-state index in [1.165, 1.54) is 10.7 Å². The summed E-state index contributed by atoms with van der Waals surface area (Å²) in [6.45, 7) is 0.636. The molecule has 2 fully saturated rings. The SMILES string of the molecule is O=C(N[C@H]1CC[C@H](CO)CC1)c1cnn2ccc(N3CCC[C@@H]3c3cc(F)ccc3F)c(F)c12. The van der Waals surface area contributed by atoms with Crippen LogP contribution in [-0.4, -0.2) is 39.8 Å². The third-order valence-corrected chi connectivity index (χ3v) is 7.17. The highest BCUT2D eigenvalue weighted by Gasteiger charge is 2.32. The Bertz CT molecular complexity index is 1210. The molecule has 34 heavy (non-hydrogen) atoms. The molecule has 6 nitrogen and oxygen atoms in total. The summed E-state index contributed by atoms with van der Waals surface area (Å²) in [6, 6.07) is 4.34. The predicted molar refractivity (Wildman–Crippen MR) is 121 cm³/mol. The minimum absolute atomic E-state index is 0.0320. The third-order valence-electron chi connectivity index (χ3n) is 7.17. The third kappa shape index (κ3) is 4.13. The summed E-state index contributed by atoms with van der Waals surface area (Å²) in [5.74, 6) is -1.81. The number of hydrogen-bond acceptors (Lipinski definition) is 4. The molecule has 0 spiro atoms. The van der Waals surface area contributed by atoms with Crippen LogP contribution in [0.2, 0.25) is 0 Å². The lowest BCUT2D eigenvalue weighted by molar-refractivity contribution is 0.0915. The van der Waals surface area contributed by atoms with E-state index in [0.717, 1.165) is 43.9 Å². The summed E-state index contributed by atoms with van der Waals surface area (Å²) in [7, 11) is 0. The first kappa shape index (κ1) is 22.7. The van der Waals surface area contributed by atoms with Gasteiger partial charge in [0.1, 0.15) is 17.2 Å². The van der Waals surface area contributed by atoms with Crippen molar-refractivity contribution in [2.24, 2.45) is 5.92 Å². The number of rotatable bonds is 5. The van der Waals surface area contributed by atoms with Gasteiger partial charge in [-0.25, -0.2) is 17.7 Å². The highest BCUT2D eigenvalue weighted by molar-refractivity contribution is 6.01. The summed E-state index contributed by atoms with van der Waals surface area (Å²) in [5, 5.41) is 16.4. The van der Waals surface area contributed by atoms with Crippen molar-refractivity contribution in [3.05, 3.63) is 65.2 Å². The van der Waals surface area contributed by atoms with Crippen molar-refractivity contribution in [1.82, 2.24) is 14.9 Å². The molecule has 1 atom stereocenters. The molecule has 1 saturated carbocycles. The maximum atomic E-state index is 15.8. The van der Waals surface area contributed by atoms with Crippen LogP contribution < -0.4 is 10.2 Å². The second kappa shape index (κ2) is 9.29. The van der Waals surface area contributed by atoms with Crippen LogP contribution in [0.1, 0.15) is 60.5 Å². The molecule has 1 aliphatic carbocycles. The van der Waals surface area contributed by atoms with Gasteiger partial charge in [-0.1, -0.05) is 0 Å². The number of aliphatic hydroxyl groups excluding tert-OH is 1. The quantitative estimate of drug-likeness (QED) is 0.579. The number of aromatic nitrogens is 2. The maximum absolute atomic E-state index is 15.8. The number of benzene rings is 1. The fraction of sp³-hybridized carbons (Fsp3) is 0.440. The molecule has 2 N–H and O–H groups in total. The first-order valence-corrected chi connectivity index (χ1v) is 11.8. The number of carbonyl (C=O) groups excluding carboxylic acids is 1. The predicted octanol–water partition coefficient (Wildman–Crippen LogP) is 4.37. The van der Waals surface area contributed by atoms with Gasteiger partial charge in [0.2, 0.25) is 0 Å². The smallest absolute Gasteiger partial charge is 0.255 e. The monoisotopic (exact) mass is 472 g/mol. The number of halogens is 3. The van der Waals surface area contributed by atoms with Crippen molar-refractivity contribution >= 4 is 17.1 Å².